The van der Waals surface area contributed by atoms with Crippen molar-refractivity contribution in [3.05, 3.63) is 53.6 Å². The molecule has 0 saturated heterocycles. The maximum absolute atomic E-state index is 12.7. The number of nitrogens with one attached hydrogen (secondary N) is 1. The van der Waals surface area contributed by atoms with Crippen LogP contribution in [0.5, 0.6) is 0 Å². The molecular formula is C14H10F3N3O2S2. The summed E-state index contributed by atoms with van der Waals surface area (Å²) < 4.78 is 73.1. The molecule has 126 valence electrons. The molecule has 1 heterocycles. The van der Waals surface area contributed by atoms with E-state index in [2.05, 4.69) is 13.5 Å². The van der Waals surface area contributed by atoms with E-state index < -0.39 is 21.8 Å². The van der Waals surface area contributed by atoms with Crippen molar-refractivity contribution in [1.82, 2.24) is 13.5 Å². The fourth-order valence-electron chi connectivity index (χ4n) is 2.11. The van der Waals surface area contributed by atoms with Crippen LogP contribution in [0.2, 0.25) is 0 Å². The van der Waals surface area contributed by atoms with Crippen LogP contribution in [-0.4, -0.2) is 17.2 Å². The van der Waals surface area contributed by atoms with Crippen molar-refractivity contribution < 1.29 is 21.6 Å². The molecule has 0 unspecified atom stereocenters. The summed E-state index contributed by atoms with van der Waals surface area (Å²) in [5.41, 5.74) is 0.0583. The summed E-state index contributed by atoms with van der Waals surface area (Å²) >= 11 is 0.885. The summed E-state index contributed by atoms with van der Waals surface area (Å²) in [7, 11) is -3.93. The van der Waals surface area contributed by atoms with Gasteiger partial charge in [0.2, 0.25) is 10.0 Å². The minimum Gasteiger partial charge on any atom is -0.207 e. The zero-order valence-corrected chi connectivity index (χ0v) is 13.5. The van der Waals surface area contributed by atoms with E-state index in [9.17, 15) is 21.6 Å². The van der Waals surface area contributed by atoms with Gasteiger partial charge in [0.25, 0.3) is 0 Å². The Morgan fingerprint density at radius 3 is 2.58 bits per heavy atom. The Morgan fingerprint density at radius 2 is 1.83 bits per heavy atom. The number of hydrogen-bond donors (Lipinski definition) is 1. The monoisotopic (exact) mass is 373 g/mol. The number of fused-ring (bicyclic) bond motifs is 1. The standard InChI is InChI=1S/C14H10F3N3O2S2/c15-14(16,17)10-4-1-3-9(7-10)8-18-24(21,22)12-6-2-5-11-13(12)20-23-19-11/h1-7,18H,8H2. The van der Waals surface area contributed by atoms with E-state index in [1.165, 1.54) is 24.3 Å². The van der Waals surface area contributed by atoms with Crippen molar-refractivity contribution >= 4 is 32.8 Å². The highest BCUT2D eigenvalue weighted by Gasteiger charge is 2.30. The molecule has 3 aromatic rings. The molecule has 0 aliphatic heterocycles. The molecule has 2 aromatic carbocycles. The molecule has 0 atom stereocenters. The fourth-order valence-corrected chi connectivity index (χ4v) is 3.89. The second-order valence-corrected chi connectivity index (χ2v) is 7.17. The Hall–Kier alpha value is -2.04. The molecule has 0 bridgehead atoms. The van der Waals surface area contributed by atoms with E-state index >= 15 is 0 Å². The molecule has 0 amide bonds. The summed E-state index contributed by atoms with van der Waals surface area (Å²) in [6.45, 7) is -0.264. The third kappa shape index (κ3) is 3.40. The largest absolute Gasteiger partial charge is 0.416 e. The first kappa shape index (κ1) is 16.8. The van der Waals surface area contributed by atoms with Gasteiger partial charge in [-0.15, -0.1) is 0 Å². The molecule has 0 fully saturated rings. The number of sulfonamides is 1. The maximum Gasteiger partial charge on any atom is 0.416 e. The third-order valence-electron chi connectivity index (χ3n) is 3.26. The van der Waals surface area contributed by atoms with Gasteiger partial charge in [-0.25, -0.2) is 13.1 Å². The predicted octanol–water partition coefficient (Wildman–Crippen LogP) is 3.19. The first-order chi connectivity index (χ1) is 11.3. The SMILES string of the molecule is O=S(=O)(NCc1cccc(C(F)(F)F)c1)c1cccc2nsnc12. The van der Waals surface area contributed by atoms with Gasteiger partial charge in [0, 0.05) is 6.54 Å². The van der Waals surface area contributed by atoms with E-state index in [0.717, 1.165) is 23.9 Å². The Kier molecular flexibility index (Phi) is 4.28. The lowest BCUT2D eigenvalue weighted by Gasteiger charge is -2.10. The molecule has 3 rings (SSSR count). The molecular weight excluding hydrogens is 363 g/mol. The van der Waals surface area contributed by atoms with Gasteiger partial charge in [-0.2, -0.15) is 21.9 Å². The smallest absolute Gasteiger partial charge is 0.207 e. The second-order valence-electron chi connectivity index (χ2n) is 4.91. The van der Waals surface area contributed by atoms with Crippen LogP contribution >= 0.6 is 11.7 Å². The number of aromatic nitrogens is 2. The summed E-state index contributed by atoms with van der Waals surface area (Å²) in [4.78, 5) is -0.0549. The molecule has 1 aromatic heterocycles. The normalized spacial score (nSPS) is 12.6. The van der Waals surface area contributed by atoms with Crippen LogP contribution in [0.4, 0.5) is 13.2 Å². The molecule has 0 radical (unpaired) electrons. The van der Waals surface area contributed by atoms with Crippen molar-refractivity contribution in [3.63, 3.8) is 0 Å². The van der Waals surface area contributed by atoms with E-state index in [4.69, 9.17) is 0 Å². The van der Waals surface area contributed by atoms with Crippen molar-refractivity contribution in [2.75, 3.05) is 0 Å². The average Bonchev–Trinajstić information content (AvgIpc) is 3.01. The minimum absolute atomic E-state index is 0.0549. The Morgan fingerprint density at radius 1 is 1.08 bits per heavy atom. The summed E-state index contributed by atoms with van der Waals surface area (Å²) in [6.07, 6.45) is -4.48. The van der Waals surface area contributed by atoms with Gasteiger partial charge >= 0.3 is 6.18 Å². The third-order valence-corrected chi connectivity index (χ3v) is 5.23. The summed E-state index contributed by atoms with van der Waals surface area (Å²) in [5, 5.41) is 0. The van der Waals surface area contributed by atoms with Gasteiger partial charge in [-0.3, -0.25) is 0 Å². The van der Waals surface area contributed by atoms with Gasteiger partial charge in [-0.1, -0.05) is 24.3 Å². The van der Waals surface area contributed by atoms with E-state index in [1.54, 1.807) is 6.07 Å². The highest BCUT2D eigenvalue weighted by molar-refractivity contribution is 7.89. The van der Waals surface area contributed by atoms with Crippen molar-refractivity contribution in [2.45, 2.75) is 17.6 Å². The number of halogens is 3. The number of nitrogens with zero attached hydrogens (tertiary/aromatic N) is 2. The van der Waals surface area contributed by atoms with Crippen LogP contribution in [0, 0.1) is 0 Å². The highest BCUT2D eigenvalue weighted by atomic mass is 32.2. The number of benzene rings is 2. The summed E-state index contributed by atoms with van der Waals surface area (Å²) in [5.74, 6) is 0. The van der Waals surface area contributed by atoms with E-state index in [0.29, 0.717) is 5.52 Å². The molecule has 1 N–H and O–H groups in total. The number of alkyl halides is 3. The lowest BCUT2D eigenvalue weighted by Crippen LogP contribution is -2.23. The lowest BCUT2D eigenvalue weighted by atomic mass is 10.1. The molecule has 0 aliphatic rings. The van der Waals surface area contributed by atoms with Crippen LogP contribution in [0.3, 0.4) is 0 Å². The van der Waals surface area contributed by atoms with Crippen molar-refractivity contribution in [3.8, 4) is 0 Å². The quantitative estimate of drug-likeness (QED) is 0.762. The molecule has 0 saturated carbocycles. The van der Waals surface area contributed by atoms with Crippen LogP contribution < -0.4 is 4.72 Å². The highest BCUT2D eigenvalue weighted by Crippen LogP contribution is 2.29. The number of hydrogen-bond acceptors (Lipinski definition) is 5. The lowest BCUT2D eigenvalue weighted by molar-refractivity contribution is -0.137. The van der Waals surface area contributed by atoms with Gasteiger partial charge < -0.3 is 0 Å². The molecule has 5 nitrogen and oxygen atoms in total. The minimum atomic E-state index is -4.48. The van der Waals surface area contributed by atoms with Crippen LogP contribution in [0.1, 0.15) is 11.1 Å². The maximum atomic E-state index is 12.7. The number of rotatable bonds is 4. The topological polar surface area (TPSA) is 72.0 Å². The van der Waals surface area contributed by atoms with Gasteiger partial charge in [-0.05, 0) is 23.8 Å². The fraction of sp³-hybridized carbons (Fsp3) is 0.143. The zero-order valence-electron chi connectivity index (χ0n) is 11.9. The van der Waals surface area contributed by atoms with Crippen LogP contribution in [0.15, 0.2) is 47.4 Å². The van der Waals surface area contributed by atoms with Gasteiger partial charge in [0.1, 0.15) is 15.9 Å². The Balaban J connectivity index is 1.85. The predicted molar refractivity (Wildman–Crippen MR) is 82.9 cm³/mol. The first-order valence-electron chi connectivity index (χ1n) is 6.64. The Bertz CT molecular complexity index is 984. The Labute approximate surface area is 139 Å². The van der Waals surface area contributed by atoms with E-state index in [1.807, 2.05) is 0 Å². The van der Waals surface area contributed by atoms with Crippen LogP contribution in [0.25, 0.3) is 11.0 Å². The molecule has 24 heavy (non-hydrogen) atoms. The molecule has 0 aliphatic carbocycles. The summed E-state index contributed by atoms with van der Waals surface area (Å²) in [6, 6.07) is 9.03. The van der Waals surface area contributed by atoms with E-state index in [-0.39, 0.29) is 22.5 Å². The molecule has 10 heteroatoms. The average molecular weight is 373 g/mol. The van der Waals surface area contributed by atoms with Gasteiger partial charge in [0.05, 0.1) is 17.3 Å². The molecule has 0 spiro atoms. The van der Waals surface area contributed by atoms with Gasteiger partial charge in [0.15, 0.2) is 0 Å². The first-order valence-corrected chi connectivity index (χ1v) is 8.86. The van der Waals surface area contributed by atoms with Crippen molar-refractivity contribution in [2.24, 2.45) is 0 Å². The van der Waals surface area contributed by atoms with Crippen LogP contribution in [-0.2, 0) is 22.7 Å². The second kappa shape index (κ2) is 6.11. The zero-order chi connectivity index (χ0) is 17.4. The van der Waals surface area contributed by atoms with Crippen molar-refractivity contribution in [1.29, 1.82) is 0 Å².